The van der Waals surface area contributed by atoms with E-state index in [0.717, 1.165) is 12.5 Å². The van der Waals surface area contributed by atoms with E-state index < -0.39 is 5.91 Å². The summed E-state index contributed by atoms with van der Waals surface area (Å²) in [6.45, 7) is 0.924. The highest BCUT2D eigenvalue weighted by atomic mass is 16.1. The molecule has 1 fully saturated rings. The van der Waals surface area contributed by atoms with E-state index in [9.17, 15) is 4.79 Å². The third-order valence-electron chi connectivity index (χ3n) is 2.04. The second-order valence-corrected chi connectivity index (χ2v) is 3.23. The molecule has 0 atom stereocenters. The molecule has 12 heavy (non-hydrogen) atoms. The second kappa shape index (κ2) is 2.62. The van der Waals surface area contributed by atoms with Gasteiger partial charge in [0.15, 0.2) is 0 Å². The van der Waals surface area contributed by atoms with Gasteiger partial charge in [-0.25, -0.2) is 0 Å². The average molecular weight is 165 g/mol. The van der Waals surface area contributed by atoms with Gasteiger partial charge in [-0.2, -0.15) is 5.10 Å². The number of amides is 1. The van der Waals surface area contributed by atoms with E-state index in [1.807, 2.05) is 0 Å². The lowest BCUT2D eigenvalue weighted by atomic mass is 10.4. The van der Waals surface area contributed by atoms with Crippen molar-refractivity contribution in [3.8, 4) is 0 Å². The normalized spacial score (nSPS) is 16.3. The van der Waals surface area contributed by atoms with E-state index in [-0.39, 0.29) is 0 Å². The zero-order valence-corrected chi connectivity index (χ0v) is 6.73. The van der Waals surface area contributed by atoms with Crippen LogP contribution in [0.15, 0.2) is 12.3 Å². The smallest absolute Gasteiger partial charge is 0.269 e. The van der Waals surface area contributed by atoms with Gasteiger partial charge in [-0.3, -0.25) is 9.48 Å². The molecular formula is C8H11N3O. The van der Waals surface area contributed by atoms with Crippen molar-refractivity contribution in [3.63, 3.8) is 0 Å². The largest absolute Gasteiger partial charge is 0.364 e. The first-order valence-electron chi connectivity index (χ1n) is 4.09. The summed E-state index contributed by atoms with van der Waals surface area (Å²) in [5.41, 5.74) is 5.42. The van der Waals surface area contributed by atoms with Crippen LogP contribution in [0.5, 0.6) is 0 Å². The van der Waals surface area contributed by atoms with Gasteiger partial charge in [0.25, 0.3) is 5.91 Å². The van der Waals surface area contributed by atoms with Gasteiger partial charge in [0.1, 0.15) is 5.69 Å². The van der Waals surface area contributed by atoms with Gasteiger partial charge in [-0.05, 0) is 24.8 Å². The molecule has 0 bridgehead atoms. The van der Waals surface area contributed by atoms with Crippen LogP contribution in [0, 0.1) is 5.92 Å². The summed E-state index contributed by atoms with van der Waals surface area (Å²) >= 11 is 0. The minimum atomic E-state index is -0.454. The first-order valence-corrected chi connectivity index (χ1v) is 4.09. The SMILES string of the molecule is NC(=O)c1ccn(CC2CC2)n1. The van der Waals surface area contributed by atoms with E-state index in [2.05, 4.69) is 5.10 Å². The molecular weight excluding hydrogens is 154 g/mol. The van der Waals surface area contributed by atoms with Crippen LogP contribution in [0.2, 0.25) is 0 Å². The van der Waals surface area contributed by atoms with Crippen molar-refractivity contribution in [1.29, 1.82) is 0 Å². The van der Waals surface area contributed by atoms with Gasteiger partial charge in [0.2, 0.25) is 0 Å². The van der Waals surface area contributed by atoms with Crippen molar-refractivity contribution in [2.45, 2.75) is 19.4 Å². The number of aromatic nitrogens is 2. The predicted octanol–water partition coefficient (Wildman–Crippen LogP) is 0.392. The average Bonchev–Trinajstić information content (AvgIpc) is 2.66. The molecule has 1 heterocycles. The monoisotopic (exact) mass is 165 g/mol. The van der Waals surface area contributed by atoms with Gasteiger partial charge in [0.05, 0.1) is 0 Å². The fraction of sp³-hybridized carbons (Fsp3) is 0.500. The van der Waals surface area contributed by atoms with Crippen LogP contribution < -0.4 is 5.73 Å². The Bertz CT molecular complexity index is 301. The first-order chi connectivity index (χ1) is 5.75. The molecule has 1 aromatic rings. The van der Waals surface area contributed by atoms with E-state index in [1.165, 1.54) is 12.8 Å². The molecule has 0 saturated heterocycles. The summed E-state index contributed by atoms with van der Waals surface area (Å²) in [7, 11) is 0. The lowest BCUT2D eigenvalue weighted by Crippen LogP contribution is -2.12. The molecule has 64 valence electrons. The standard InChI is InChI=1S/C8H11N3O/c9-8(12)7-3-4-11(10-7)5-6-1-2-6/h3-4,6H,1-2,5H2,(H2,9,12). The van der Waals surface area contributed by atoms with Crippen LogP contribution in [0.4, 0.5) is 0 Å². The molecule has 0 radical (unpaired) electrons. The van der Waals surface area contributed by atoms with Gasteiger partial charge >= 0.3 is 0 Å². The maximum Gasteiger partial charge on any atom is 0.269 e. The van der Waals surface area contributed by atoms with Crippen molar-refractivity contribution in [2.24, 2.45) is 11.7 Å². The molecule has 1 aliphatic carbocycles. The lowest BCUT2D eigenvalue weighted by molar-refractivity contribution is 0.0994. The second-order valence-electron chi connectivity index (χ2n) is 3.23. The topological polar surface area (TPSA) is 60.9 Å². The first kappa shape index (κ1) is 7.34. The van der Waals surface area contributed by atoms with Crippen LogP contribution in [0.25, 0.3) is 0 Å². The number of hydrogen-bond donors (Lipinski definition) is 1. The molecule has 1 saturated carbocycles. The Hall–Kier alpha value is -1.32. The highest BCUT2D eigenvalue weighted by molar-refractivity contribution is 5.90. The predicted molar refractivity (Wildman–Crippen MR) is 43.5 cm³/mol. The maximum atomic E-state index is 10.7. The van der Waals surface area contributed by atoms with Crippen LogP contribution >= 0.6 is 0 Å². The Labute approximate surface area is 70.4 Å². The van der Waals surface area contributed by atoms with Crippen LogP contribution in [-0.2, 0) is 6.54 Å². The van der Waals surface area contributed by atoms with Crippen molar-refractivity contribution in [1.82, 2.24) is 9.78 Å². The molecule has 0 aromatic carbocycles. The molecule has 1 aromatic heterocycles. The Balaban J connectivity index is 2.06. The van der Waals surface area contributed by atoms with Gasteiger partial charge in [-0.1, -0.05) is 0 Å². The third kappa shape index (κ3) is 1.47. The molecule has 2 N–H and O–H groups in total. The third-order valence-corrected chi connectivity index (χ3v) is 2.04. The van der Waals surface area contributed by atoms with E-state index in [0.29, 0.717) is 5.69 Å². The Morgan fingerprint density at radius 3 is 3.00 bits per heavy atom. The summed E-state index contributed by atoms with van der Waals surface area (Å²) in [5, 5.41) is 4.03. The lowest BCUT2D eigenvalue weighted by Gasteiger charge is -1.96. The number of hydrogen-bond acceptors (Lipinski definition) is 2. The van der Waals surface area contributed by atoms with Crippen LogP contribution in [0.3, 0.4) is 0 Å². The highest BCUT2D eigenvalue weighted by Crippen LogP contribution is 2.30. The number of nitrogens with zero attached hydrogens (tertiary/aromatic N) is 2. The minimum Gasteiger partial charge on any atom is -0.364 e. The van der Waals surface area contributed by atoms with Gasteiger partial charge in [0, 0.05) is 12.7 Å². The summed E-state index contributed by atoms with van der Waals surface area (Å²) < 4.78 is 1.79. The molecule has 4 heteroatoms. The Kier molecular flexibility index (Phi) is 1.60. The number of nitrogens with two attached hydrogens (primary N) is 1. The molecule has 0 aliphatic heterocycles. The number of carbonyl (C=O) groups excluding carboxylic acids is 1. The van der Waals surface area contributed by atoms with Crippen LogP contribution in [-0.4, -0.2) is 15.7 Å². The summed E-state index contributed by atoms with van der Waals surface area (Å²) in [6.07, 6.45) is 4.37. The molecule has 0 spiro atoms. The number of carbonyl (C=O) groups is 1. The molecule has 2 rings (SSSR count). The summed E-state index contributed by atoms with van der Waals surface area (Å²) in [5.74, 6) is 0.315. The highest BCUT2D eigenvalue weighted by Gasteiger charge is 2.22. The van der Waals surface area contributed by atoms with Crippen LogP contribution in [0.1, 0.15) is 23.3 Å². The zero-order valence-electron chi connectivity index (χ0n) is 6.73. The van der Waals surface area contributed by atoms with Crippen molar-refractivity contribution in [2.75, 3.05) is 0 Å². The molecule has 0 unspecified atom stereocenters. The van der Waals surface area contributed by atoms with Crippen molar-refractivity contribution in [3.05, 3.63) is 18.0 Å². The minimum absolute atomic E-state index is 0.357. The van der Waals surface area contributed by atoms with E-state index in [4.69, 9.17) is 5.73 Å². The van der Waals surface area contributed by atoms with E-state index >= 15 is 0 Å². The Morgan fingerprint density at radius 2 is 2.50 bits per heavy atom. The molecule has 4 nitrogen and oxygen atoms in total. The fourth-order valence-electron chi connectivity index (χ4n) is 1.16. The number of rotatable bonds is 3. The number of primary amides is 1. The fourth-order valence-corrected chi connectivity index (χ4v) is 1.16. The van der Waals surface area contributed by atoms with Gasteiger partial charge in [-0.15, -0.1) is 0 Å². The molecule has 1 amide bonds. The van der Waals surface area contributed by atoms with Crippen molar-refractivity contribution >= 4 is 5.91 Å². The Morgan fingerprint density at radius 1 is 1.75 bits per heavy atom. The van der Waals surface area contributed by atoms with Gasteiger partial charge < -0.3 is 5.73 Å². The summed E-state index contributed by atoms with van der Waals surface area (Å²) in [4.78, 5) is 10.7. The quantitative estimate of drug-likeness (QED) is 0.704. The zero-order chi connectivity index (χ0) is 8.55. The summed E-state index contributed by atoms with van der Waals surface area (Å²) in [6, 6.07) is 1.66. The molecule has 1 aliphatic rings. The van der Waals surface area contributed by atoms with Crippen molar-refractivity contribution < 1.29 is 4.79 Å². The van der Waals surface area contributed by atoms with E-state index in [1.54, 1.807) is 16.9 Å². The maximum absolute atomic E-state index is 10.7.